The smallest absolute Gasteiger partial charge is 0.255 e. The molecule has 0 aliphatic rings. The van der Waals surface area contributed by atoms with E-state index in [9.17, 15) is 8.42 Å². The van der Waals surface area contributed by atoms with Crippen LogP contribution in [0.3, 0.4) is 0 Å². The lowest BCUT2D eigenvalue weighted by molar-refractivity contribution is 0.577. The van der Waals surface area contributed by atoms with Crippen molar-refractivity contribution in [2.45, 2.75) is 25.3 Å². The van der Waals surface area contributed by atoms with Gasteiger partial charge in [-0.15, -0.1) is 0 Å². The summed E-state index contributed by atoms with van der Waals surface area (Å²) in [5.41, 5.74) is 1.42. The molecular weight excluding hydrogens is 190 g/mol. The van der Waals surface area contributed by atoms with Crippen LogP contribution in [-0.4, -0.2) is 18.2 Å². The van der Waals surface area contributed by atoms with Crippen molar-refractivity contribution in [1.29, 1.82) is 0 Å². The number of aromatic nitrogens is 2. The molecule has 0 fully saturated rings. The second-order valence-electron chi connectivity index (χ2n) is 2.90. The van der Waals surface area contributed by atoms with E-state index in [4.69, 9.17) is 5.14 Å². The summed E-state index contributed by atoms with van der Waals surface area (Å²) >= 11 is 0. The van der Waals surface area contributed by atoms with Gasteiger partial charge >= 0.3 is 0 Å². The zero-order chi connectivity index (χ0) is 10.2. The summed E-state index contributed by atoms with van der Waals surface area (Å²) < 4.78 is 23.6. The van der Waals surface area contributed by atoms with Crippen LogP contribution >= 0.6 is 0 Å². The quantitative estimate of drug-likeness (QED) is 0.731. The zero-order valence-corrected chi connectivity index (χ0v) is 8.72. The molecule has 1 aromatic heterocycles. The average molecular weight is 203 g/mol. The highest BCUT2D eigenvalue weighted by Crippen LogP contribution is 2.16. The third kappa shape index (κ3) is 1.73. The molecule has 0 atom stereocenters. The van der Waals surface area contributed by atoms with Crippen LogP contribution in [0.25, 0.3) is 0 Å². The first-order valence-electron chi connectivity index (χ1n) is 3.93. The Morgan fingerprint density at radius 3 is 2.31 bits per heavy atom. The third-order valence-electron chi connectivity index (χ3n) is 1.92. The van der Waals surface area contributed by atoms with Crippen molar-refractivity contribution in [3.63, 3.8) is 0 Å². The third-order valence-corrected chi connectivity index (χ3v) is 3.03. The summed E-state index contributed by atoms with van der Waals surface area (Å²) in [5, 5.41) is 9.19. The Morgan fingerprint density at radius 2 is 2.08 bits per heavy atom. The van der Waals surface area contributed by atoms with E-state index in [1.54, 1.807) is 14.0 Å². The van der Waals surface area contributed by atoms with Crippen LogP contribution in [0.1, 0.15) is 18.2 Å². The Hall–Kier alpha value is -0.880. The van der Waals surface area contributed by atoms with Gasteiger partial charge in [-0.1, -0.05) is 6.92 Å². The number of sulfonamides is 1. The molecule has 6 heteroatoms. The van der Waals surface area contributed by atoms with E-state index in [0.717, 1.165) is 5.69 Å². The van der Waals surface area contributed by atoms with Crippen molar-refractivity contribution in [1.82, 2.24) is 9.78 Å². The molecule has 0 spiro atoms. The standard InChI is InChI=1S/C7H13N3O2S/c1-4-6-5(2)7(10(3)9-6)13(8,11)12/h4H2,1-3H3,(H2,8,11,12). The number of nitrogens with two attached hydrogens (primary N) is 1. The van der Waals surface area contributed by atoms with Gasteiger partial charge in [0.1, 0.15) is 0 Å². The van der Waals surface area contributed by atoms with Crippen molar-refractivity contribution in [3.8, 4) is 0 Å². The second kappa shape index (κ2) is 3.12. The fraction of sp³-hybridized carbons (Fsp3) is 0.571. The Balaban J connectivity index is 3.47. The monoisotopic (exact) mass is 203 g/mol. The zero-order valence-electron chi connectivity index (χ0n) is 7.90. The van der Waals surface area contributed by atoms with Crippen molar-refractivity contribution in [3.05, 3.63) is 11.3 Å². The topological polar surface area (TPSA) is 78.0 Å². The van der Waals surface area contributed by atoms with Gasteiger partial charge in [-0.2, -0.15) is 5.10 Å². The molecule has 1 aromatic rings. The highest BCUT2D eigenvalue weighted by atomic mass is 32.2. The van der Waals surface area contributed by atoms with Gasteiger partial charge in [0.15, 0.2) is 5.03 Å². The van der Waals surface area contributed by atoms with Gasteiger partial charge in [-0.3, -0.25) is 4.68 Å². The summed E-state index contributed by atoms with van der Waals surface area (Å²) in [5.74, 6) is 0. The Labute approximate surface area is 77.6 Å². The van der Waals surface area contributed by atoms with Crippen molar-refractivity contribution < 1.29 is 8.42 Å². The van der Waals surface area contributed by atoms with Crippen molar-refractivity contribution in [2.75, 3.05) is 0 Å². The maximum atomic E-state index is 11.1. The molecule has 0 unspecified atom stereocenters. The molecule has 74 valence electrons. The highest BCUT2D eigenvalue weighted by Gasteiger charge is 2.19. The molecule has 0 amide bonds. The van der Waals surface area contributed by atoms with Crippen LogP contribution in [0.4, 0.5) is 0 Å². The molecule has 0 radical (unpaired) electrons. The Morgan fingerprint density at radius 1 is 1.54 bits per heavy atom. The molecule has 0 aliphatic heterocycles. The number of primary sulfonamides is 1. The van der Waals surface area contributed by atoms with E-state index in [-0.39, 0.29) is 5.03 Å². The van der Waals surface area contributed by atoms with Crippen LogP contribution in [0, 0.1) is 6.92 Å². The van der Waals surface area contributed by atoms with Crippen LogP contribution in [-0.2, 0) is 23.5 Å². The highest BCUT2D eigenvalue weighted by molar-refractivity contribution is 7.89. The lowest BCUT2D eigenvalue weighted by Crippen LogP contribution is -2.17. The first-order valence-corrected chi connectivity index (χ1v) is 5.47. The van der Waals surface area contributed by atoms with Gasteiger partial charge in [0.25, 0.3) is 10.0 Å². The minimum Gasteiger partial charge on any atom is -0.256 e. The van der Waals surface area contributed by atoms with Crippen LogP contribution in [0.5, 0.6) is 0 Å². The van der Waals surface area contributed by atoms with Gasteiger partial charge in [-0.05, 0) is 13.3 Å². The largest absolute Gasteiger partial charge is 0.256 e. The first kappa shape index (κ1) is 10.2. The van der Waals surface area contributed by atoms with E-state index in [1.165, 1.54) is 4.68 Å². The molecule has 13 heavy (non-hydrogen) atoms. The van der Waals surface area contributed by atoms with Gasteiger partial charge < -0.3 is 0 Å². The second-order valence-corrected chi connectivity index (χ2v) is 4.38. The number of hydrogen-bond donors (Lipinski definition) is 1. The summed E-state index contributed by atoms with van der Waals surface area (Å²) in [6.07, 6.45) is 0.704. The van der Waals surface area contributed by atoms with Gasteiger partial charge in [0, 0.05) is 12.6 Å². The Kier molecular flexibility index (Phi) is 2.44. The average Bonchev–Trinajstić information content (AvgIpc) is 2.24. The van der Waals surface area contributed by atoms with Gasteiger partial charge in [-0.25, -0.2) is 13.6 Å². The predicted molar refractivity (Wildman–Crippen MR) is 48.7 cm³/mol. The normalized spacial score (nSPS) is 12.0. The summed E-state index contributed by atoms with van der Waals surface area (Å²) in [6.45, 7) is 3.63. The first-order chi connectivity index (χ1) is 5.88. The number of aryl methyl sites for hydroxylation is 2. The van der Waals surface area contributed by atoms with E-state index in [1.807, 2.05) is 6.92 Å². The molecule has 1 rings (SSSR count). The summed E-state index contributed by atoms with van der Waals surface area (Å²) in [4.78, 5) is 0. The van der Waals surface area contributed by atoms with E-state index in [0.29, 0.717) is 12.0 Å². The number of nitrogens with zero attached hydrogens (tertiary/aromatic N) is 2. The summed E-state index contributed by atoms with van der Waals surface area (Å²) in [7, 11) is -2.08. The Bertz CT molecular complexity index is 419. The van der Waals surface area contributed by atoms with Crippen LogP contribution in [0.2, 0.25) is 0 Å². The van der Waals surface area contributed by atoms with E-state index < -0.39 is 10.0 Å². The molecule has 0 bridgehead atoms. The number of rotatable bonds is 2. The van der Waals surface area contributed by atoms with E-state index in [2.05, 4.69) is 5.10 Å². The molecule has 0 saturated carbocycles. The fourth-order valence-corrected chi connectivity index (χ4v) is 2.35. The minimum atomic E-state index is -3.65. The van der Waals surface area contributed by atoms with Crippen LogP contribution < -0.4 is 5.14 Å². The fourth-order valence-electron chi connectivity index (χ4n) is 1.40. The molecule has 0 saturated heterocycles. The van der Waals surface area contributed by atoms with Crippen molar-refractivity contribution in [2.24, 2.45) is 12.2 Å². The van der Waals surface area contributed by atoms with Crippen molar-refractivity contribution >= 4 is 10.0 Å². The molecule has 0 aromatic carbocycles. The minimum absolute atomic E-state index is 0.101. The molecular formula is C7H13N3O2S. The number of hydrogen-bond acceptors (Lipinski definition) is 3. The molecule has 0 aliphatic carbocycles. The maximum Gasteiger partial charge on any atom is 0.255 e. The van der Waals surface area contributed by atoms with Gasteiger partial charge in [0.05, 0.1) is 5.69 Å². The maximum absolute atomic E-state index is 11.1. The molecule has 2 N–H and O–H groups in total. The summed E-state index contributed by atoms with van der Waals surface area (Å²) in [6, 6.07) is 0. The lowest BCUT2D eigenvalue weighted by Gasteiger charge is -1.98. The predicted octanol–water partition coefficient (Wildman–Crippen LogP) is -0.0617. The van der Waals surface area contributed by atoms with Gasteiger partial charge in [0.2, 0.25) is 0 Å². The SMILES string of the molecule is CCc1nn(C)c(S(N)(=O)=O)c1C. The van der Waals surface area contributed by atoms with Crippen LogP contribution in [0.15, 0.2) is 5.03 Å². The molecule has 5 nitrogen and oxygen atoms in total. The lowest BCUT2D eigenvalue weighted by atomic mass is 10.2. The molecule has 1 heterocycles. The van der Waals surface area contributed by atoms with E-state index >= 15 is 0 Å².